The van der Waals surface area contributed by atoms with Gasteiger partial charge in [-0.25, -0.2) is 4.68 Å². The summed E-state index contributed by atoms with van der Waals surface area (Å²) in [5, 5.41) is 10.3. The molecule has 4 heteroatoms. The highest BCUT2D eigenvalue weighted by atomic mass is 15.4. The molecule has 2 aromatic heterocycles. The zero-order chi connectivity index (χ0) is 13.3. The van der Waals surface area contributed by atoms with Crippen LogP contribution in [0.4, 0.5) is 0 Å². The summed E-state index contributed by atoms with van der Waals surface area (Å²) in [5.74, 6) is 0.969. The molecule has 0 atom stereocenters. The monoisotopic (exact) mass is 264 g/mol. The number of aryl methyl sites for hydroxylation is 1. The Morgan fingerprint density at radius 1 is 1.15 bits per heavy atom. The number of aromatic nitrogens is 4. The first-order valence-corrected chi connectivity index (χ1v) is 7.23. The van der Waals surface area contributed by atoms with Gasteiger partial charge < -0.3 is 0 Å². The zero-order valence-corrected chi connectivity index (χ0v) is 11.5. The van der Waals surface area contributed by atoms with Gasteiger partial charge in [0.15, 0.2) is 0 Å². The number of rotatable bonds is 2. The lowest BCUT2D eigenvalue weighted by molar-refractivity contribution is -0.0977. The van der Waals surface area contributed by atoms with E-state index in [9.17, 15) is 0 Å². The van der Waals surface area contributed by atoms with Gasteiger partial charge in [-0.05, 0) is 44.2 Å². The largest absolute Gasteiger partial charge is 0.264 e. The third kappa shape index (κ3) is 1.22. The van der Waals surface area contributed by atoms with E-state index in [4.69, 9.17) is 0 Å². The molecule has 0 spiro atoms. The van der Waals surface area contributed by atoms with Gasteiger partial charge in [0.25, 0.3) is 0 Å². The van der Waals surface area contributed by atoms with Gasteiger partial charge in [-0.15, -0.1) is 0 Å². The molecule has 2 bridgehead atoms. The first kappa shape index (κ1) is 10.7. The van der Waals surface area contributed by atoms with Gasteiger partial charge in [-0.2, -0.15) is 10.2 Å². The van der Waals surface area contributed by atoms with Gasteiger partial charge in [-0.1, -0.05) is 11.6 Å². The predicted octanol–water partition coefficient (Wildman–Crippen LogP) is 3.04. The van der Waals surface area contributed by atoms with Crippen molar-refractivity contribution < 1.29 is 0 Å². The average molecular weight is 264 g/mol. The summed E-state index contributed by atoms with van der Waals surface area (Å²) >= 11 is 0. The van der Waals surface area contributed by atoms with Crippen molar-refractivity contribution in [2.24, 2.45) is 5.92 Å². The molecule has 0 radical (unpaired) electrons. The molecule has 4 nitrogen and oxygen atoms in total. The van der Waals surface area contributed by atoms with Crippen molar-refractivity contribution in [2.75, 3.05) is 0 Å². The second-order valence-corrected chi connectivity index (χ2v) is 6.46. The Bertz CT molecular complexity index is 809. The molecule has 0 unspecified atom stereocenters. The summed E-state index contributed by atoms with van der Waals surface area (Å²) < 4.78 is 4.16. The molecule has 1 aromatic carbocycles. The molecule has 3 aliphatic carbocycles. The van der Waals surface area contributed by atoms with Crippen molar-refractivity contribution in [3.8, 4) is 5.69 Å². The fourth-order valence-corrected chi connectivity index (χ4v) is 3.75. The number of nitrogens with zero attached hydrogens (tertiary/aromatic N) is 4. The van der Waals surface area contributed by atoms with E-state index in [1.165, 1.54) is 30.2 Å². The zero-order valence-electron chi connectivity index (χ0n) is 11.5. The summed E-state index contributed by atoms with van der Waals surface area (Å²) in [7, 11) is 0. The van der Waals surface area contributed by atoms with Crippen molar-refractivity contribution in [3.05, 3.63) is 42.4 Å². The van der Waals surface area contributed by atoms with Gasteiger partial charge in [0.05, 0.1) is 29.6 Å². The summed E-state index contributed by atoms with van der Waals surface area (Å²) in [6.07, 6.45) is 9.96. The molecule has 0 amide bonds. The molecular formula is C16H16N4. The van der Waals surface area contributed by atoms with Gasteiger partial charge in [0.1, 0.15) is 5.69 Å². The molecule has 20 heavy (non-hydrogen) atoms. The normalized spacial score (nSPS) is 27.4. The smallest absolute Gasteiger partial charge is 0.103 e. The van der Waals surface area contributed by atoms with E-state index >= 15 is 0 Å². The first-order chi connectivity index (χ1) is 9.73. The summed E-state index contributed by atoms with van der Waals surface area (Å²) in [4.78, 5) is 0. The van der Waals surface area contributed by atoms with Gasteiger partial charge in [0, 0.05) is 5.39 Å². The Balaban J connectivity index is 1.61. The van der Waals surface area contributed by atoms with Crippen LogP contribution in [0, 0.1) is 12.8 Å². The first-order valence-electron chi connectivity index (χ1n) is 7.23. The van der Waals surface area contributed by atoms with Crippen LogP contribution in [-0.2, 0) is 5.54 Å². The maximum atomic E-state index is 4.58. The van der Waals surface area contributed by atoms with Gasteiger partial charge in [0.2, 0.25) is 0 Å². The minimum atomic E-state index is 0.350. The third-order valence-corrected chi connectivity index (χ3v) is 5.03. The highest BCUT2D eigenvalue weighted by Crippen LogP contribution is 2.62. The summed E-state index contributed by atoms with van der Waals surface area (Å²) in [6, 6.07) is 6.44. The molecule has 0 N–H and O–H groups in total. The molecule has 0 aliphatic heterocycles. The Labute approximate surface area is 117 Å². The van der Waals surface area contributed by atoms with Crippen molar-refractivity contribution in [1.82, 2.24) is 19.6 Å². The molecule has 3 saturated carbocycles. The molecule has 2 heterocycles. The number of hydrogen-bond acceptors (Lipinski definition) is 2. The SMILES string of the molecule is Cc1ccc2c(cnn2-c2cnn(C34CC(C3)C4)c2)c1. The van der Waals surface area contributed by atoms with Crippen LogP contribution in [0.25, 0.3) is 16.6 Å². The minimum absolute atomic E-state index is 0.350. The van der Waals surface area contributed by atoms with Crippen LogP contribution in [0.3, 0.4) is 0 Å². The summed E-state index contributed by atoms with van der Waals surface area (Å²) in [6.45, 7) is 2.11. The molecule has 100 valence electrons. The van der Waals surface area contributed by atoms with Crippen molar-refractivity contribution in [1.29, 1.82) is 0 Å². The molecule has 0 saturated heterocycles. The Morgan fingerprint density at radius 2 is 2.00 bits per heavy atom. The van der Waals surface area contributed by atoms with Crippen LogP contribution in [0.5, 0.6) is 0 Å². The van der Waals surface area contributed by atoms with Crippen LogP contribution >= 0.6 is 0 Å². The lowest BCUT2D eigenvalue weighted by Crippen LogP contribution is -2.59. The number of benzene rings is 1. The van der Waals surface area contributed by atoms with Gasteiger partial charge >= 0.3 is 0 Å². The van der Waals surface area contributed by atoms with Crippen molar-refractivity contribution >= 4 is 10.9 Å². The van der Waals surface area contributed by atoms with E-state index < -0.39 is 0 Å². The Hall–Kier alpha value is -2.10. The van der Waals surface area contributed by atoms with Crippen LogP contribution < -0.4 is 0 Å². The van der Waals surface area contributed by atoms with E-state index in [1.807, 2.05) is 17.1 Å². The summed E-state index contributed by atoms with van der Waals surface area (Å²) in [5.41, 5.74) is 3.82. The second-order valence-electron chi connectivity index (χ2n) is 6.46. The van der Waals surface area contributed by atoms with E-state index in [1.54, 1.807) is 0 Å². The van der Waals surface area contributed by atoms with Crippen molar-refractivity contribution in [2.45, 2.75) is 31.7 Å². The van der Waals surface area contributed by atoms with Crippen LogP contribution in [0.2, 0.25) is 0 Å². The van der Waals surface area contributed by atoms with E-state index in [-0.39, 0.29) is 0 Å². The highest BCUT2D eigenvalue weighted by Gasteiger charge is 2.58. The second kappa shape index (κ2) is 3.32. The Kier molecular flexibility index (Phi) is 1.77. The number of fused-ring (bicyclic) bond motifs is 1. The van der Waals surface area contributed by atoms with Crippen LogP contribution in [0.1, 0.15) is 24.8 Å². The minimum Gasteiger partial charge on any atom is -0.264 e. The van der Waals surface area contributed by atoms with Gasteiger partial charge in [-0.3, -0.25) is 4.68 Å². The standard InChI is InChI=1S/C16H16N4/c1-11-2-3-15-13(4-11)8-18-20(15)14-9-17-19(10-14)16-5-12(6-16)7-16/h2-4,8-10,12H,5-7H2,1H3. The molecule has 3 fully saturated rings. The fourth-order valence-electron chi connectivity index (χ4n) is 3.75. The third-order valence-electron chi connectivity index (χ3n) is 5.03. The fraction of sp³-hybridized carbons (Fsp3) is 0.375. The molecule has 3 aliphatic rings. The maximum absolute atomic E-state index is 4.58. The predicted molar refractivity (Wildman–Crippen MR) is 76.9 cm³/mol. The van der Waals surface area contributed by atoms with Crippen LogP contribution in [0.15, 0.2) is 36.8 Å². The van der Waals surface area contributed by atoms with Crippen molar-refractivity contribution in [3.63, 3.8) is 0 Å². The Morgan fingerprint density at radius 3 is 2.75 bits per heavy atom. The molecular weight excluding hydrogens is 248 g/mol. The lowest BCUT2D eigenvalue weighted by Gasteiger charge is -2.61. The maximum Gasteiger partial charge on any atom is 0.103 e. The molecule has 3 aromatic rings. The quantitative estimate of drug-likeness (QED) is 0.713. The van der Waals surface area contributed by atoms with E-state index in [0.717, 1.165) is 17.1 Å². The average Bonchev–Trinajstić information content (AvgIpc) is 2.90. The number of hydrogen-bond donors (Lipinski definition) is 0. The topological polar surface area (TPSA) is 35.6 Å². The lowest BCUT2D eigenvalue weighted by atomic mass is 9.50. The molecule has 6 rings (SSSR count). The van der Waals surface area contributed by atoms with E-state index in [2.05, 4.69) is 46.2 Å². The van der Waals surface area contributed by atoms with E-state index in [0.29, 0.717) is 5.54 Å². The van der Waals surface area contributed by atoms with Crippen LogP contribution in [-0.4, -0.2) is 19.6 Å². The highest BCUT2D eigenvalue weighted by molar-refractivity contribution is 5.80.